The van der Waals surface area contributed by atoms with Crippen molar-refractivity contribution in [1.82, 2.24) is 4.90 Å². The molecule has 1 N–H and O–H groups in total. The number of rotatable bonds is 7. The zero-order chi connectivity index (χ0) is 15.5. The summed E-state index contributed by atoms with van der Waals surface area (Å²) in [4.78, 5) is 2.31. The van der Waals surface area contributed by atoms with Gasteiger partial charge in [-0.15, -0.1) is 0 Å². The SMILES string of the molecule is CC(C)CN(CCC#N)Cc1ccccc1C#CCCO. The van der Waals surface area contributed by atoms with E-state index in [1.807, 2.05) is 18.2 Å². The number of aliphatic hydroxyl groups excluding tert-OH is 1. The monoisotopic (exact) mass is 284 g/mol. The second kappa shape index (κ2) is 10.00. The molecule has 0 atom stereocenters. The van der Waals surface area contributed by atoms with E-state index in [0.717, 1.165) is 25.2 Å². The molecule has 3 nitrogen and oxygen atoms in total. The minimum Gasteiger partial charge on any atom is -0.395 e. The summed E-state index contributed by atoms with van der Waals surface area (Å²) in [6, 6.07) is 10.3. The molecule has 0 aliphatic rings. The van der Waals surface area contributed by atoms with Crippen molar-refractivity contribution in [3.8, 4) is 17.9 Å². The summed E-state index contributed by atoms with van der Waals surface area (Å²) in [6.07, 6.45) is 1.05. The molecule has 1 rings (SSSR count). The molecule has 0 fully saturated rings. The van der Waals surface area contributed by atoms with E-state index in [1.165, 1.54) is 5.56 Å². The van der Waals surface area contributed by atoms with Crippen LogP contribution in [0.3, 0.4) is 0 Å². The number of hydrogen-bond donors (Lipinski definition) is 1. The molecule has 0 saturated carbocycles. The van der Waals surface area contributed by atoms with Crippen LogP contribution in [-0.2, 0) is 6.54 Å². The van der Waals surface area contributed by atoms with E-state index >= 15 is 0 Å². The highest BCUT2D eigenvalue weighted by molar-refractivity contribution is 5.41. The van der Waals surface area contributed by atoms with Crippen LogP contribution in [0.15, 0.2) is 24.3 Å². The van der Waals surface area contributed by atoms with Gasteiger partial charge in [-0.3, -0.25) is 4.90 Å². The number of hydrogen-bond acceptors (Lipinski definition) is 3. The van der Waals surface area contributed by atoms with Crippen molar-refractivity contribution < 1.29 is 5.11 Å². The predicted octanol–water partition coefficient (Wildman–Crippen LogP) is 2.79. The van der Waals surface area contributed by atoms with Gasteiger partial charge >= 0.3 is 0 Å². The van der Waals surface area contributed by atoms with Gasteiger partial charge in [-0.25, -0.2) is 0 Å². The summed E-state index contributed by atoms with van der Waals surface area (Å²) in [5, 5.41) is 17.6. The Morgan fingerprint density at radius 1 is 1.24 bits per heavy atom. The quantitative estimate of drug-likeness (QED) is 0.783. The molecule has 0 unspecified atom stereocenters. The van der Waals surface area contributed by atoms with Crippen molar-refractivity contribution in [2.75, 3.05) is 19.7 Å². The summed E-state index contributed by atoms with van der Waals surface area (Å²) in [6.45, 7) is 7.03. The highest BCUT2D eigenvalue weighted by Crippen LogP contribution is 2.12. The van der Waals surface area contributed by atoms with Crippen LogP contribution in [0, 0.1) is 29.1 Å². The van der Waals surface area contributed by atoms with Crippen LogP contribution in [0.5, 0.6) is 0 Å². The van der Waals surface area contributed by atoms with Crippen molar-refractivity contribution in [2.45, 2.75) is 33.2 Å². The first-order chi connectivity index (χ1) is 10.2. The van der Waals surface area contributed by atoms with Crippen molar-refractivity contribution in [3.63, 3.8) is 0 Å². The Morgan fingerprint density at radius 2 is 2.00 bits per heavy atom. The molecule has 21 heavy (non-hydrogen) atoms. The first-order valence-corrected chi connectivity index (χ1v) is 7.44. The van der Waals surface area contributed by atoms with Gasteiger partial charge in [0.25, 0.3) is 0 Å². The third-order valence-corrected chi connectivity index (χ3v) is 3.03. The fourth-order valence-corrected chi connectivity index (χ4v) is 2.19. The van der Waals surface area contributed by atoms with Gasteiger partial charge in [0.1, 0.15) is 0 Å². The van der Waals surface area contributed by atoms with Crippen LogP contribution >= 0.6 is 0 Å². The number of nitriles is 1. The fourth-order valence-electron chi connectivity index (χ4n) is 2.19. The zero-order valence-electron chi connectivity index (χ0n) is 13.0. The van der Waals surface area contributed by atoms with Crippen LogP contribution in [0.1, 0.15) is 37.8 Å². The van der Waals surface area contributed by atoms with Crippen molar-refractivity contribution in [3.05, 3.63) is 35.4 Å². The first kappa shape index (κ1) is 17.2. The molecule has 1 aromatic rings. The minimum absolute atomic E-state index is 0.0941. The molecule has 0 aliphatic carbocycles. The van der Waals surface area contributed by atoms with Crippen LogP contribution in [-0.4, -0.2) is 29.7 Å². The summed E-state index contributed by atoms with van der Waals surface area (Å²) in [5.41, 5.74) is 2.19. The Balaban J connectivity index is 2.83. The molecule has 0 spiro atoms. The maximum Gasteiger partial charge on any atom is 0.0635 e. The molecule has 0 heterocycles. The molecule has 0 saturated heterocycles. The largest absolute Gasteiger partial charge is 0.395 e. The molecular weight excluding hydrogens is 260 g/mol. The fraction of sp³-hybridized carbons (Fsp3) is 0.500. The van der Waals surface area contributed by atoms with Crippen molar-refractivity contribution in [2.24, 2.45) is 5.92 Å². The maximum atomic E-state index is 8.81. The number of nitrogens with zero attached hydrogens (tertiary/aromatic N) is 2. The van der Waals surface area contributed by atoms with E-state index in [1.54, 1.807) is 0 Å². The average Bonchev–Trinajstić information content (AvgIpc) is 2.46. The lowest BCUT2D eigenvalue weighted by Crippen LogP contribution is -2.28. The Labute approximate surface area is 128 Å². The lowest BCUT2D eigenvalue weighted by atomic mass is 10.1. The molecule has 1 aromatic carbocycles. The zero-order valence-corrected chi connectivity index (χ0v) is 13.0. The molecule has 0 radical (unpaired) electrons. The second-order valence-corrected chi connectivity index (χ2v) is 5.47. The molecular formula is C18H24N2O. The topological polar surface area (TPSA) is 47.3 Å². The van der Waals surface area contributed by atoms with Gasteiger partial charge in [0.05, 0.1) is 12.7 Å². The Morgan fingerprint density at radius 3 is 2.67 bits per heavy atom. The summed E-state index contributed by atoms with van der Waals surface area (Å²) in [7, 11) is 0. The highest BCUT2D eigenvalue weighted by atomic mass is 16.2. The van der Waals surface area contributed by atoms with E-state index in [0.29, 0.717) is 18.8 Å². The molecule has 112 valence electrons. The maximum absolute atomic E-state index is 8.81. The standard InChI is InChI=1S/C18H24N2O/c1-16(2)14-20(12-7-11-19)15-18-10-4-3-8-17(18)9-5-6-13-21/h3-4,8,10,16,21H,6-7,12-15H2,1-2H3. The third-order valence-electron chi connectivity index (χ3n) is 3.03. The predicted molar refractivity (Wildman–Crippen MR) is 85.4 cm³/mol. The molecule has 0 aromatic heterocycles. The normalized spacial score (nSPS) is 10.3. The number of benzene rings is 1. The van der Waals surface area contributed by atoms with Crippen LogP contribution in [0.2, 0.25) is 0 Å². The van der Waals surface area contributed by atoms with Crippen molar-refractivity contribution in [1.29, 1.82) is 5.26 Å². The smallest absolute Gasteiger partial charge is 0.0635 e. The molecule has 0 amide bonds. The van der Waals surface area contributed by atoms with E-state index in [2.05, 4.69) is 42.7 Å². The van der Waals surface area contributed by atoms with Gasteiger partial charge in [-0.05, 0) is 17.5 Å². The van der Waals surface area contributed by atoms with E-state index < -0.39 is 0 Å². The third kappa shape index (κ3) is 6.95. The van der Waals surface area contributed by atoms with Gasteiger partial charge in [-0.1, -0.05) is 43.9 Å². The van der Waals surface area contributed by atoms with E-state index in [9.17, 15) is 0 Å². The van der Waals surface area contributed by atoms with E-state index in [-0.39, 0.29) is 6.61 Å². The number of aliphatic hydroxyl groups is 1. The summed E-state index contributed by atoms with van der Waals surface area (Å²) < 4.78 is 0. The van der Waals surface area contributed by atoms with Crippen molar-refractivity contribution >= 4 is 0 Å². The van der Waals surface area contributed by atoms with Gasteiger partial charge in [0.2, 0.25) is 0 Å². The second-order valence-electron chi connectivity index (χ2n) is 5.47. The minimum atomic E-state index is 0.0941. The van der Waals surface area contributed by atoms with E-state index in [4.69, 9.17) is 10.4 Å². The molecule has 0 aliphatic heterocycles. The molecule has 3 heteroatoms. The van der Waals surface area contributed by atoms with Gasteiger partial charge in [0, 0.05) is 38.0 Å². The molecule has 0 bridgehead atoms. The van der Waals surface area contributed by atoms with Gasteiger partial charge in [-0.2, -0.15) is 5.26 Å². The first-order valence-electron chi connectivity index (χ1n) is 7.44. The van der Waals surface area contributed by atoms with Crippen LogP contribution < -0.4 is 0 Å². The lowest BCUT2D eigenvalue weighted by molar-refractivity contribution is 0.241. The Kier molecular flexibility index (Phi) is 8.21. The Hall–Kier alpha value is -1.81. The van der Waals surface area contributed by atoms with Gasteiger partial charge in [0.15, 0.2) is 0 Å². The average molecular weight is 284 g/mol. The highest BCUT2D eigenvalue weighted by Gasteiger charge is 2.09. The van der Waals surface area contributed by atoms with Crippen LogP contribution in [0.4, 0.5) is 0 Å². The summed E-state index contributed by atoms with van der Waals surface area (Å²) in [5.74, 6) is 6.67. The summed E-state index contributed by atoms with van der Waals surface area (Å²) >= 11 is 0. The Bertz CT molecular complexity index is 520. The van der Waals surface area contributed by atoms with Crippen LogP contribution in [0.25, 0.3) is 0 Å². The lowest BCUT2D eigenvalue weighted by Gasteiger charge is -2.23. The van der Waals surface area contributed by atoms with Gasteiger partial charge < -0.3 is 5.11 Å².